The van der Waals surface area contributed by atoms with Crippen molar-refractivity contribution in [2.45, 2.75) is 30.4 Å². The second-order valence-electron chi connectivity index (χ2n) is 9.05. The van der Waals surface area contributed by atoms with Crippen LogP contribution >= 0.6 is 23.2 Å². The van der Waals surface area contributed by atoms with Gasteiger partial charge in [-0.25, -0.2) is 9.07 Å². The minimum atomic E-state index is -6.92. The topological polar surface area (TPSA) is 71.6 Å². The van der Waals surface area contributed by atoms with Gasteiger partial charge in [0.15, 0.2) is 5.78 Å². The molecule has 0 aliphatic carbocycles. The molecule has 1 unspecified atom stereocenters. The van der Waals surface area contributed by atoms with Crippen LogP contribution in [-0.2, 0) is 12.1 Å². The Bertz CT molecular complexity index is 1700. The lowest BCUT2D eigenvalue weighted by Gasteiger charge is -2.36. The van der Waals surface area contributed by atoms with Crippen LogP contribution in [0.5, 0.6) is 0 Å². The number of benzene rings is 3. The van der Waals surface area contributed by atoms with Gasteiger partial charge in [0.25, 0.3) is 0 Å². The van der Waals surface area contributed by atoms with E-state index >= 15 is 0 Å². The molecule has 5 nitrogen and oxygen atoms in total. The lowest BCUT2D eigenvalue weighted by atomic mass is 9.87. The van der Waals surface area contributed by atoms with Crippen molar-refractivity contribution in [2.75, 3.05) is 0 Å². The van der Waals surface area contributed by atoms with E-state index in [1.54, 1.807) is 24.3 Å². The number of hydrogen-bond donors (Lipinski definition) is 0. The van der Waals surface area contributed by atoms with Gasteiger partial charge in [-0.15, -0.1) is 5.10 Å². The lowest BCUT2D eigenvalue weighted by Crippen LogP contribution is -2.59. The molecule has 1 heterocycles. The highest BCUT2D eigenvalue weighted by molar-refractivity contribution is 6.37. The van der Waals surface area contributed by atoms with E-state index in [0.717, 1.165) is 10.9 Å². The third kappa shape index (κ3) is 5.79. The second kappa shape index (κ2) is 11.2. The molecule has 43 heavy (non-hydrogen) atoms. The Morgan fingerprint density at radius 3 is 2.00 bits per heavy atom. The van der Waals surface area contributed by atoms with Gasteiger partial charge in [0, 0.05) is 23.1 Å². The Balaban J connectivity index is 1.66. The molecular weight excluding hydrogens is 638 g/mol. The van der Waals surface area contributed by atoms with Crippen molar-refractivity contribution in [3.63, 3.8) is 0 Å². The fraction of sp³-hybridized carbons (Fsp3) is 0.185. The summed E-state index contributed by atoms with van der Waals surface area (Å²) in [4.78, 5) is 12.7. The predicted octanol–water partition coefficient (Wildman–Crippen LogP) is 8.46. The van der Waals surface area contributed by atoms with Crippen molar-refractivity contribution in [3.05, 3.63) is 99.2 Å². The first-order valence-electron chi connectivity index (χ1n) is 11.7. The van der Waals surface area contributed by atoms with Crippen LogP contribution in [0.2, 0.25) is 10.0 Å². The normalized spacial score (nSPS) is 13.8. The molecule has 16 heteroatoms. The number of carbonyl (C=O) groups excluding carboxylic acids is 1. The Labute approximate surface area is 246 Å². The van der Waals surface area contributed by atoms with E-state index in [2.05, 4.69) is 10.3 Å². The molecule has 0 N–H and O–H groups in total. The Morgan fingerprint density at radius 2 is 1.47 bits per heavy atom. The lowest BCUT2D eigenvalue weighted by molar-refractivity contribution is -0.389. The van der Waals surface area contributed by atoms with Gasteiger partial charge in [0.2, 0.25) is 0 Å². The quantitative estimate of drug-likeness (QED) is 0.149. The molecule has 0 saturated heterocycles. The number of nitrogens with zero attached hydrogens (tertiary/aromatic N) is 4. The first-order valence-corrected chi connectivity index (χ1v) is 12.4. The molecule has 0 bridgehead atoms. The maximum atomic E-state index is 14.9. The molecule has 0 spiro atoms. The van der Waals surface area contributed by atoms with Crippen LogP contribution in [0.1, 0.15) is 27.0 Å². The minimum absolute atomic E-state index is 0.0419. The smallest absolute Gasteiger partial charge is 0.294 e. The minimum Gasteiger partial charge on any atom is -0.294 e. The summed E-state index contributed by atoms with van der Waals surface area (Å²) >= 11 is 11.8. The molecule has 1 aromatic heterocycles. The first-order chi connectivity index (χ1) is 19.9. The Kier molecular flexibility index (Phi) is 8.29. The number of Topliss-reactive ketones (excluding diaryl/α,β-unsaturated/α-hetero) is 1. The maximum Gasteiger partial charge on any atom is 0.457 e. The number of nitriles is 1. The van der Waals surface area contributed by atoms with Crippen LogP contribution in [-0.4, -0.2) is 39.1 Å². The molecule has 3 aromatic carbocycles. The molecule has 4 aromatic rings. The average Bonchev–Trinajstić information content (AvgIpc) is 3.40. The summed E-state index contributed by atoms with van der Waals surface area (Å²) < 4.78 is 122. The van der Waals surface area contributed by atoms with Crippen molar-refractivity contribution < 1.29 is 44.3 Å². The van der Waals surface area contributed by atoms with E-state index in [9.17, 15) is 44.3 Å². The summed E-state index contributed by atoms with van der Waals surface area (Å²) in [7, 11) is 0. The molecule has 0 aliphatic heterocycles. The molecular formula is C27H13Cl2F9N4O. The maximum absolute atomic E-state index is 14.9. The number of alkyl halides is 9. The van der Waals surface area contributed by atoms with Crippen molar-refractivity contribution in [1.82, 2.24) is 15.0 Å². The summed E-state index contributed by atoms with van der Waals surface area (Å²) in [5, 5.41) is 14.6. The van der Waals surface area contributed by atoms with Crippen molar-refractivity contribution >= 4 is 29.0 Å². The fourth-order valence-corrected chi connectivity index (χ4v) is 4.73. The van der Waals surface area contributed by atoms with E-state index in [1.807, 2.05) is 6.07 Å². The zero-order valence-electron chi connectivity index (χ0n) is 20.9. The SMILES string of the molecule is N#Cc1ccc(C(=O)Cc2cccc(-c3cn(-c4c(Cl)cc(C(F)(C(F)(F)F)C(F)(F)C(F)(F)F)cc4Cl)nn3)c2)cc1. The van der Waals surface area contributed by atoms with Crippen LogP contribution in [0.4, 0.5) is 39.5 Å². The van der Waals surface area contributed by atoms with Gasteiger partial charge in [-0.3, -0.25) is 4.79 Å². The van der Waals surface area contributed by atoms with Crippen LogP contribution in [0.15, 0.2) is 66.9 Å². The number of aromatic nitrogens is 3. The predicted molar refractivity (Wildman–Crippen MR) is 136 cm³/mol. The molecule has 1 atom stereocenters. The molecule has 0 amide bonds. The summed E-state index contributed by atoms with van der Waals surface area (Å²) in [6, 6.07) is 14.2. The number of rotatable bonds is 7. The zero-order valence-corrected chi connectivity index (χ0v) is 22.4. The summed E-state index contributed by atoms with van der Waals surface area (Å²) in [6.07, 6.45) is -12.5. The second-order valence-corrected chi connectivity index (χ2v) is 9.87. The zero-order chi connectivity index (χ0) is 32.0. The van der Waals surface area contributed by atoms with Crippen LogP contribution in [0.3, 0.4) is 0 Å². The van der Waals surface area contributed by atoms with E-state index < -0.39 is 45.2 Å². The van der Waals surface area contributed by atoms with Crippen LogP contribution < -0.4 is 0 Å². The molecule has 0 fully saturated rings. The van der Waals surface area contributed by atoms with Crippen molar-refractivity contribution in [2.24, 2.45) is 0 Å². The van der Waals surface area contributed by atoms with Gasteiger partial charge in [0.05, 0.1) is 27.9 Å². The van der Waals surface area contributed by atoms with Crippen LogP contribution in [0, 0.1) is 11.3 Å². The van der Waals surface area contributed by atoms with Gasteiger partial charge < -0.3 is 0 Å². The monoisotopic (exact) mass is 650 g/mol. The molecule has 4 rings (SSSR count). The summed E-state index contributed by atoms with van der Waals surface area (Å²) in [5.74, 6) is -7.16. The highest BCUT2D eigenvalue weighted by atomic mass is 35.5. The number of ketones is 1. The Morgan fingerprint density at radius 1 is 0.860 bits per heavy atom. The van der Waals surface area contributed by atoms with E-state index in [0.29, 0.717) is 22.3 Å². The molecule has 0 aliphatic rings. The summed E-state index contributed by atoms with van der Waals surface area (Å²) in [6.45, 7) is 0. The average molecular weight is 651 g/mol. The molecule has 224 valence electrons. The number of halogens is 11. The Hall–Kier alpha value is -4.09. The van der Waals surface area contributed by atoms with Crippen molar-refractivity contribution in [3.8, 4) is 23.0 Å². The third-order valence-electron chi connectivity index (χ3n) is 6.24. The molecule has 0 saturated carbocycles. The van der Waals surface area contributed by atoms with Gasteiger partial charge in [-0.2, -0.15) is 40.4 Å². The summed E-state index contributed by atoms with van der Waals surface area (Å²) in [5.41, 5.74) is -7.11. The number of hydrogen-bond acceptors (Lipinski definition) is 4. The fourth-order valence-electron chi connectivity index (χ4n) is 4.07. The highest BCUT2D eigenvalue weighted by Gasteiger charge is 2.81. The van der Waals surface area contributed by atoms with Gasteiger partial charge in [-0.1, -0.05) is 58.7 Å². The molecule has 0 radical (unpaired) electrons. The van der Waals surface area contributed by atoms with E-state index in [1.165, 1.54) is 24.3 Å². The van der Waals surface area contributed by atoms with Gasteiger partial charge in [-0.05, 0) is 35.9 Å². The van der Waals surface area contributed by atoms with E-state index in [-0.39, 0.29) is 30.0 Å². The van der Waals surface area contributed by atoms with Gasteiger partial charge >= 0.3 is 23.9 Å². The van der Waals surface area contributed by atoms with Gasteiger partial charge in [0.1, 0.15) is 11.4 Å². The van der Waals surface area contributed by atoms with Crippen molar-refractivity contribution in [1.29, 1.82) is 5.26 Å². The largest absolute Gasteiger partial charge is 0.457 e. The van der Waals surface area contributed by atoms with Crippen LogP contribution in [0.25, 0.3) is 16.9 Å². The third-order valence-corrected chi connectivity index (χ3v) is 6.82. The first kappa shape index (κ1) is 31.8. The highest BCUT2D eigenvalue weighted by Crippen LogP contribution is 2.59. The standard InChI is InChI=1S/C27H13Cl2F9N4O/c28-19-10-18(24(30,26(33,34)35)25(31,32)27(36,37)38)11-20(29)23(19)42-13-21(40-41-42)17-3-1-2-15(8-17)9-22(43)16-6-4-14(12-39)5-7-16/h1-8,10-11,13H,9H2. The number of carbonyl (C=O) groups is 1. The van der Waals surface area contributed by atoms with E-state index in [4.69, 9.17) is 28.5 Å².